The summed E-state index contributed by atoms with van der Waals surface area (Å²) in [5, 5.41) is 8.29. The molecule has 1 amide bonds. The lowest BCUT2D eigenvalue weighted by Gasteiger charge is -2.32. The molecule has 126 valence electrons. The minimum atomic E-state index is -0.363. The Hall–Kier alpha value is -2.37. The Morgan fingerprint density at radius 3 is 2.83 bits per heavy atom. The van der Waals surface area contributed by atoms with Crippen molar-refractivity contribution in [2.75, 3.05) is 13.1 Å². The van der Waals surface area contributed by atoms with Gasteiger partial charge in [0, 0.05) is 32.0 Å². The molecule has 1 aromatic heterocycles. The van der Waals surface area contributed by atoms with E-state index in [2.05, 4.69) is 21.7 Å². The standard InChI is InChI=1S/C18H22N4O2/c1-2-21-12-19-20-17(21)13-7-9-22(10-8-13)18(23)16-11-14-5-3-4-6-15(14)24-16/h3-6,12-13,16H,2,7-11H2,1H3. The molecule has 0 bridgehead atoms. The van der Waals surface area contributed by atoms with Crippen LogP contribution in [0, 0.1) is 0 Å². The molecule has 1 atom stereocenters. The summed E-state index contributed by atoms with van der Waals surface area (Å²) in [5.74, 6) is 2.40. The SMILES string of the molecule is CCn1cnnc1C1CCN(C(=O)C2Cc3ccccc3O2)CC1. The monoisotopic (exact) mass is 326 g/mol. The third-order valence-electron chi connectivity index (χ3n) is 5.08. The zero-order valence-electron chi connectivity index (χ0n) is 13.9. The van der Waals surface area contributed by atoms with Crippen LogP contribution in [0.1, 0.15) is 37.1 Å². The first kappa shape index (κ1) is 15.2. The van der Waals surface area contributed by atoms with E-state index < -0.39 is 0 Å². The molecular formula is C18H22N4O2. The molecule has 0 saturated carbocycles. The fraction of sp³-hybridized carbons (Fsp3) is 0.500. The lowest BCUT2D eigenvalue weighted by Crippen LogP contribution is -2.45. The van der Waals surface area contributed by atoms with Crippen LogP contribution in [-0.2, 0) is 17.8 Å². The van der Waals surface area contributed by atoms with Gasteiger partial charge in [-0.1, -0.05) is 18.2 Å². The zero-order valence-corrected chi connectivity index (χ0v) is 13.9. The van der Waals surface area contributed by atoms with E-state index in [0.29, 0.717) is 12.3 Å². The summed E-state index contributed by atoms with van der Waals surface area (Å²) in [6, 6.07) is 7.91. The van der Waals surface area contributed by atoms with Crippen molar-refractivity contribution in [3.63, 3.8) is 0 Å². The molecule has 0 spiro atoms. The average Bonchev–Trinajstić information content (AvgIpc) is 3.27. The minimum absolute atomic E-state index is 0.113. The van der Waals surface area contributed by atoms with Crippen LogP contribution in [0.2, 0.25) is 0 Å². The number of para-hydroxylation sites is 1. The van der Waals surface area contributed by atoms with E-state index in [1.807, 2.05) is 29.2 Å². The van der Waals surface area contributed by atoms with Gasteiger partial charge < -0.3 is 14.2 Å². The highest BCUT2D eigenvalue weighted by molar-refractivity contribution is 5.82. The van der Waals surface area contributed by atoms with Crippen molar-refractivity contribution < 1.29 is 9.53 Å². The van der Waals surface area contributed by atoms with Gasteiger partial charge in [-0.15, -0.1) is 10.2 Å². The zero-order chi connectivity index (χ0) is 16.5. The van der Waals surface area contributed by atoms with Gasteiger partial charge in [0.15, 0.2) is 6.10 Å². The maximum absolute atomic E-state index is 12.8. The van der Waals surface area contributed by atoms with Crippen molar-refractivity contribution in [2.24, 2.45) is 0 Å². The van der Waals surface area contributed by atoms with Gasteiger partial charge in [-0.25, -0.2) is 0 Å². The quantitative estimate of drug-likeness (QED) is 0.866. The first-order chi connectivity index (χ1) is 11.8. The average molecular weight is 326 g/mol. The molecule has 1 saturated heterocycles. The van der Waals surface area contributed by atoms with Gasteiger partial charge in [0.2, 0.25) is 0 Å². The number of rotatable bonds is 3. The number of carbonyl (C=O) groups is 1. The van der Waals surface area contributed by atoms with Crippen LogP contribution in [0.3, 0.4) is 0 Å². The van der Waals surface area contributed by atoms with Gasteiger partial charge in [-0.05, 0) is 31.4 Å². The molecular weight excluding hydrogens is 304 g/mol. The summed E-state index contributed by atoms with van der Waals surface area (Å²) < 4.78 is 7.94. The number of likely N-dealkylation sites (tertiary alicyclic amines) is 1. The first-order valence-corrected chi connectivity index (χ1v) is 8.67. The third kappa shape index (κ3) is 2.66. The number of aryl methyl sites for hydroxylation is 1. The van der Waals surface area contributed by atoms with Gasteiger partial charge in [-0.3, -0.25) is 4.79 Å². The summed E-state index contributed by atoms with van der Waals surface area (Å²) in [5.41, 5.74) is 1.13. The minimum Gasteiger partial charge on any atom is -0.480 e. The second-order valence-corrected chi connectivity index (χ2v) is 6.49. The van der Waals surface area contributed by atoms with Crippen molar-refractivity contribution in [1.29, 1.82) is 0 Å². The molecule has 0 aliphatic carbocycles. The Morgan fingerprint density at radius 2 is 2.08 bits per heavy atom. The molecule has 6 nitrogen and oxygen atoms in total. The number of piperidine rings is 1. The molecule has 1 unspecified atom stereocenters. The van der Waals surface area contributed by atoms with E-state index in [-0.39, 0.29) is 12.0 Å². The lowest BCUT2D eigenvalue weighted by molar-refractivity contribution is -0.139. The number of aromatic nitrogens is 3. The number of amides is 1. The smallest absolute Gasteiger partial charge is 0.263 e. The van der Waals surface area contributed by atoms with Crippen molar-refractivity contribution in [1.82, 2.24) is 19.7 Å². The lowest BCUT2D eigenvalue weighted by atomic mass is 9.95. The van der Waals surface area contributed by atoms with E-state index >= 15 is 0 Å². The fourth-order valence-corrected chi connectivity index (χ4v) is 3.71. The molecule has 2 aliphatic rings. The maximum atomic E-state index is 12.8. The molecule has 6 heteroatoms. The Balaban J connectivity index is 1.37. The number of hydrogen-bond donors (Lipinski definition) is 0. The van der Waals surface area contributed by atoms with Crippen LogP contribution in [0.5, 0.6) is 5.75 Å². The summed E-state index contributed by atoms with van der Waals surface area (Å²) in [4.78, 5) is 14.7. The van der Waals surface area contributed by atoms with Crippen molar-refractivity contribution >= 4 is 5.91 Å². The summed E-state index contributed by atoms with van der Waals surface area (Å²) >= 11 is 0. The van der Waals surface area contributed by atoms with Crippen molar-refractivity contribution in [2.45, 2.75) is 44.8 Å². The van der Waals surface area contributed by atoms with Gasteiger partial charge >= 0.3 is 0 Å². The second kappa shape index (κ2) is 6.26. The van der Waals surface area contributed by atoms with Gasteiger partial charge in [-0.2, -0.15) is 0 Å². The van der Waals surface area contributed by atoms with Crippen LogP contribution < -0.4 is 4.74 Å². The highest BCUT2D eigenvalue weighted by atomic mass is 16.5. The van der Waals surface area contributed by atoms with Crippen molar-refractivity contribution in [3.05, 3.63) is 42.0 Å². The molecule has 0 radical (unpaired) electrons. The molecule has 1 fully saturated rings. The van der Waals surface area contributed by atoms with Crippen LogP contribution in [0.15, 0.2) is 30.6 Å². The van der Waals surface area contributed by atoms with E-state index in [1.54, 1.807) is 6.33 Å². The molecule has 2 aromatic rings. The van der Waals surface area contributed by atoms with E-state index in [1.165, 1.54) is 0 Å². The van der Waals surface area contributed by atoms with E-state index in [0.717, 1.165) is 49.6 Å². The highest BCUT2D eigenvalue weighted by Gasteiger charge is 2.34. The van der Waals surface area contributed by atoms with Crippen LogP contribution >= 0.6 is 0 Å². The largest absolute Gasteiger partial charge is 0.480 e. The maximum Gasteiger partial charge on any atom is 0.263 e. The van der Waals surface area contributed by atoms with Crippen molar-refractivity contribution in [3.8, 4) is 5.75 Å². The molecule has 4 rings (SSSR count). The highest BCUT2D eigenvalue weighted by Crippen LogP contribution is 2.31. The number of ether oxygens (including phenoxy) is 1. The normalized spacial score (nSPS) is 20.7. The number of nitrogens with zero attached hydrogens (tertiary/aromatic N) is 4. The molecule has 0 N–H and O–H groups in total. The second-order valence-electron chi connectivity index (χ2n) is 6.49. The van der Waals surface area contributed by atoms with Gasteiger partial charge in [0.1, 0.15) is 17.9 Å². The van der Waals surface area contributed by atoms with Crippen LogP contribution in [-0.4, -0.2) is 44.8 Å². The Labute approximate surface area is 141 Å². The number of benzene rings is 1. The Bertz CT molecular complexity index is 709. The van der Waals surface area contributed by atoms with Gasteiger partial charge in [0.05, 0.1) is 0 Å². The predicted octanol–water partition coefficient (Wildman–Crippen LogP) is 2.01. The summed E-state index contributed by atoms with van der Waals surface area (Å²) in [6.07, 6.45) is 3.97. The molecule has 3 heterocycles. The summed E-state index contributed by atoms with van der Waals surface area (Å²) in [7, 11) is 0. The van der Waals surface area contributed by atoms with Crippen LogP contribution in [0.4, 0.5) is 0 Å². The van der Waals surface area contributed by atoms with E-state index in [4.69, 9.17) is 4.74 Å². The Kier molecular flexibility index (Phi) is 3.96. The van der Waals surface area contributed by atoms with Crippen LogP contribution in [0.25, 0.3) is 0 Å². The topological polar surface area (TPSA) is 60.2 Å². The number of carbonyl (C=O) groups excluding carboxylic acids is 1. The molecule has 1 aromatic carbocycles. The predicted molar refractivity (Wildman–Crippen MR) is 88.8 cm³/mol. The third-order valence-corrected chi connectivity index (χ3v) is 5.08. The molecule has 2 aliphatic heterocycles. The Morgan fingerprint density at radius 1 is 1.29 bits per heavy atom. The van der Waals surface area contributed by atoms with Gasteiger partial charge in [0.25, 0.3) is 5.91 Å². The van der Waals surface area contributed by atoms with E-state index in [9.17, 15) is 4.79 Å². The summed E-state index contributed by atoms with van der Waals surface area (Å²) in [6.45, 7) is 4.50. The fourth-order valence-electron chi connectivity index (χ4n) is 3.71. The number of fused-ring (bicyclic) bond motifs is 1. The first-order valence-electron chi connectivity index (χ1n) is 8.67. The molecule has 24 heavy (non-hydrogen) atoms. The number of hydrogen-bond acceptors (Lipinski definition) is 4.